The molecule has 0 fully saturated rings. The average molecular weight is 414 g/mol. The van der Waals surface area contributed by atoms with E-state index >= 15 is 0 Å². The van der Waals surface area contributed by atoms with Gasteiger partial charge in [0.1, 0.15) is 18.1 Å². The minimum absolute atomic E-state index is 0.269. The van der Waals surface area contributed by atoms with E-state index in [0.29, 0.717) is 28.4 Å². The largest absolute Gasteiger partial charge is 0.497 e. The zero-order valence-corrected chi connectivity index (χ0v) is 16.9. The first-order valence-electron chi connectivity index (χ1n) is 9.40. The summed E-state index contributed by atoms with van der Waals surface area (Å²) >= 11 is 0. The van der Waals surface area contributed by atoms with E-state index in [1.165, 1.54) is 4.40 Å². The Morgan fingerprint density at radius 3 is 2.68 bits per heavy atom. The van der Waals surface area contributed by atoms with Gasteiger partial charge in [-0.05, 0) is 49.4 Å². The second-order valence-electron chi connectivity index (χ2n) is 6.79. The number of hydrogen-bond donors (Lipinski definition) is 1. The van der Waals surface area contributed by atoms with Crippen LogP contribution < -0.4 is 15.7 Å². The van der Waals surface area contributed by atoms with Crippen molar-refractivity contribution < 1.29 is 9.53 Å². The van der Waals surface area contributed by atoms with Gasteiger partial charge >= 0.3 is 5.69 Å². The minimum Gasteiger partial charge on any atom is -0.497 e. The number of anilines is 1. The fourth-order valence-corrected chi connectivity index (χ4v) is 3.22. The lowest BCUT2D eigenvalue weighted by Gasteiger charge is -2.05. The van der Waals surface area contributed by atoms with Crippen LogP contribution in [0, 0.1) is 18.3 Å². The number of nitrogens with zero attached hydrogens (tertiary/aromatic N) is 5. The molecule has 0 aliphatic heterocycles. The number of carbonyl (C=O) groups is 1. The molecule has 9 heteroatoms. The van der Waals surface area contributed by atoms with E-state index in [4.69, 9.17) is 10.00 Å². The quantitative estimate of drug-likeness (QED) is 0.536. The molecule has 0 aliphatic rings. The minimum atomic E-state index is -0.456. The normalized spacial score (nSPS) is 10.6. The van der Waals surface area contributed by atoms with Crippen LogP contribution in [0.25, 0.3) is 16.9 Å². The van der Waals surface area contributed by atoms with Crippen molar-refractivity contribution in [3.63, 3.8) is 0 Å². The van der Waals surface area contributed by atoms with Gasteiger partial charge in [-0.1, -0.05) is 6.07 Å². The molecule has 2 aromatic heterocycles. The number of aryl methyl sites for hydroxylation is 1. The SMILES string of the molecule is COc1ccc(-c2cc3nn(CC(=O)Nc4cccc(C#N)c4)c(=O)n3c(C)n2)cc1. The van der Waals surface area contributed by atoms with Crippen molar-refractivity contribution in [3.05, 3.63) is 76.5 Å². The Morgan fingerprint density at radius 1 is 1.19 bits per heavy atom. The van der Waals surface area contributed by atoms with Gasteiger partial charge in [0.05, 0.1) is 24.4 Å². The van der Waals surface area contributed by atoms with E-state index in [0.717, 1.165) is 16.0 Å². The molecule has 4 rings (SSSR count). The molecule has 2 heterocycles. The Kier molecular flexibility index (Phi) is 5.20. The van der Waals surface area contributed by atoms with Crippen LogP contribution in [0.1, 0.15) is 11.4 Å². The highest BCUT2D eigenvalue weighted by Crippen LogP contribution is 2.21. The van der Waals surface area contributed by atoms with E-state index < -0.39 is 11.6 Å². The highest BCUT2D eigenvalue weighted by Gasteiger charge is 2.15. The van der Waals surface area contributed by atoms with Gasteiger partial charge in [0.15, 0.2) is 5.65 Å². The van der Waals surface area contributed by atoms with Crippen LogP contribution in [0.4, 0.5) is 5.69 Å². The number of amides is 1. The van der Waals surface area contributed by atoms with Gasteiger partial charge in [-0.2, -0.15) is 5.26 Å². The fourth-order valence-electron chi connectivity index (χ4n) is 3.22. The van der Waals surface area contributed by atoms with Gasteiger partial charge in [-0.25, -0.2) is 18.9 Å². The lowest BCUT2D eigenvalue weighted by atomic mass is 10.1. The summed E-state index contributed by atoms with van der Waals surface area (Å²) in [6.07, 6.45) is 0. The van der Waals surface area contributed by atoms with Gasteiger partial charge in [-0.15, -0.1) is 5.10 Å². The molecule has 0 bridgehead atoms. The van der Waals surface area contributed by atoms with Crippen LogP contribution in [-0.2, 0) is 11.3 Å². The number of rotatable bonds is 5. The maximum atomic E-state index is 12.8. The third-order valence-electron chi connectivity index (χ3n) is 4.69. The van der Waals surface area contributed by atoms with E-state index in [2.05, 4.69) is 15.4 Å². The number of benzene rings is 2. The summed E-state index contributed by atoms with van der Waals surface area (Å²) in [5.74, 6) is 0.761. The second-order valence-corrected chi connectivity index (χ2v) is 6.79. The number of fused-ring (bicyclic) bond motifs is 1. The van der Waals surface area contributed by atoms with Crippen LogP contribution in [0.2, 0.25) is 0 Å². The molecule has 2 aromatic carbocycles. The predicted octanol–water partition coefficient (Wildman–Crippen LogP) is 2.39. The molecule has 0 atom stereocenters. The highest BCUT2D eigenvalue weighted by molar-refractivity contribution is 5.90. The molecule has 0 unspecified atom stereocenters. The molecule has 0 saturated heterocycles. The summed E-state index contributed by atoms with van der Waals surface area (Å²) in [7, 11) is 1.60. The third kappa shape index (κ3) is 4.00. The summed E-state index contributed by atoms with van der Waals surface area (Å²) in [5, 5.41) is 15.9. The standard InChI is InChI=1S/C22H18N6O3/c1-14-24-19(16-6-8-18(31-2)9-7-16)11-20-26-27(22(30)28(14)20)13-21(29)25-17-5-3-4-15(10-17)12-23/h3-11H,13H2,1-2H3,(H,25,29). The molecule has 1 N–H and O–H groups in total. The van der Waals surface area contributed by atoms with Crippen molar-refractivity contribution in [1.29, 1.82) is 5.26 Å². The second kappa shape index (κ2) is 8.12. The van der Waals surface area contributed by atoms with Gasteiger partial charge < -0.3 is 10.1 Å². The van der Waals surface area contributed by atoms with Crippen LogP contribution >= 0.6 is 0 Å². The van der Waals surface area contributed by atoms with Gasteiger partial charge in [0.25, 0.3) is 0 Å². The zero-order valence-electron chi connectivity index (χ0n) is 16.9. The van der Waals surface area contributed by atoms with Crippen LogP contribution in [-0.4, -0.2) is 32.2 Å². The van der Waals surface area contributed by atoms with E-state index in [9.17, 15) is 9.59 Å². The Hall–Kier alpha value is -4.45. The summed E-state index contributed by atoms with van der Waals surface area (Å²) in [4.78, 5) is 29.7. The van der Waals surface area contributed by atoms with Crippen LogP contribution in [0.3, 0.4) is 0 Å². The fraction of sp³-hybridized carbons (Fsp3) is 0.136. The molecule has 154 valence electrons. The van der Waals surface area contributed by atoms with Crippen molar-refractivity contribution in [2.45, 2.75) is 13.5 Å². The molecule has 9 nitrogen and oxygen atoms in total. The van der Waals surface area contributed by atoms with E-state index in [1.807, 2.05) is 30.3 Å². The first-order valence-corrected chi connectivity index (χ1v) is 9.40. The molecular formula is C22H18N6O3. The Morgan fingerprint density at radius 2 is 1.97 bits per heavy atom. The van der Waals surface area contributed by atoms with Crippen molar-refractivity contribution >= 4 is 17.2 Å². The average Bonchev–Trinajstić information content (AvgIpc) is 3.09. The maximum Gasteiger partial charge on any atom is 0.352 e. The molecule has 0 radical (unpaired) electrons. The number of nitriles is 1. The summed E-state index contributed by atoms with van der Waals surface area (Å²) in [5.41, 5.74) is 2.34. The molecule has 0 saturated carbocycles. The van der Waals surface area contributed by atoms with Crippen molar-refractivity contribution in [1.82, 2.24) is 19.2 Å². The van der Waals surface area contributed by atoms with E-state index in [1.54, 1.807) is 44.4 Å². The third-order valence-corrected chi connectivity index (χ3v) is 4.69. The predicted molar refractivity (Wildman–Crippen MR) is 114 cm³/mol. The molecule has 1 amide bonds. The lowest BCUT2D eigenvalue weighted by molar-refractivity contribution is -0.117. The number of methoxy groups -OCH3 is 1. The Bertz CT molecular complexity index is 1380. The summed E-state index contributed by atoms with van der Waals surface area (Å²) in [6, 6.07) is 17.6. The van der Waals surface area contributed by atoms with Crippen molar-refractivity contribution in [2.75, 3.05) is 12.4 Å². The van der Waals surface area contributed by atoms with Gasteiger partial charge in [-0.3, -0.25) is 4.79 Å². The molecule has 0 aliphatic carbocycles. The monoisotopic (exact) mass is 414 g/mol. The van der Waals surface area contributed by atoms with Crippen molar-refractivity contribution in [3.8, 4) is 23.1 Å². The van der Waals surface area contributed by atoms with Crippen LogP contribution in [0.5, 0.6) is 5.75 Å². The number of ether oxygens (including phenoxy) is 1. The molecule has 31 heavy (non-hydrogen) atoms. The highest BCUT2D eigenvalue weighted by atomic mass is 16.5. The molecule has 4 aromatic rings. The smallest absolute Gasteiger partial charge is 0.352 e. The van der Waals surface area contributed by atoms with Crippen molar-refractivity contribution in [2.24, 2.45) is 0 Å². The number of aromatic nitrogens is 4. The van der Waals surface area contributed by atoms with E-state index in [-0.39, 0.29) is 6.54 Å². The molecular weight excluding hydrogens is 396 g/mol. The topological polar surface area (TPSA) is 114 Å². The summed E-state index contributed by atoms with van der Waals surface area (Å²) < 4.78 is 7.62. The van der Waals surface area contributed by atoms with Gasteiger partial charge in [0, 0.05) is 17.3 Å². The number of hydrogen-bond acceptors (Lipinski definition) is 6. The first kappa shape index (κ1) is 19.8. The zero-order chi connectivity index (χ0) is 22.0. The molecule has 0 spiro atoms. The number of nitrogens with one attached hydrogen (secondary N) is 1. The van der Waals surface area contributed by atoms with Crippen LogP contribution in [0.15, 0.2) is 59.4 Å². The summed E-state index contributed by atoms with van der Waals surface area (Å²) in [6.45, 7) is 1.44. The Labute approximate surface area is 177 Å². The Balaban J connectivity index is 1.62. The maximum absolute atomic E-state index is 12.8. The number of carbonyl (C=O) groups excluding carboxylic acids is 1. The van der Waals surface area contributed by atoms with Gasteiger partial charge in [0.2, 0.25) is 5.91 Å². The first-order chi connectivity index (χ1) is 15.0. The lowest BCUT2D eigenvalue weighted by Crippen LogP contribution is -2.28.